The monoisotopic (exact) mass is 144 g/mol. The molecule has 0 aromatic rings. The molecule has 0 aliphatic rings. The molecule has 2 heteroatoms. The van der Waals surface area contributed by atoms with Gasteiger partial charge >= 0.3 is 0 Å². The second kappa shape index (κ2) is 11.2. The second-order valence-electron chi connectivity index (χ2n) is 2.00. The fraction of sp³-hybridized carbons (Fsp3) is 0.750. The maximum Gasteiger partial charge on any atom is 0.132 e. The lowest BCUT2D eigenvalue weighted by molar-refractivity contribution is -0.118. The quantitative estimate of drug-likeness (QED) is 0.604. The molecule has 0 aromatic heterocycles. The van der Waals surface area contributed by atoms with Crippen molar-refractivity contribution < 1.29 is 9.59 Å². The first-order valence-electron chi connectivity index (χ1n) is 3.61. The number of unbranched alkanes of at least 4 members (excludes halogenated alkanes) is 1. The van der Waals surface area contributed by atoms with E-state index in [0.717, 1.165) is 19.3 Å². The summed E-state index contributed by atoms with van der Waals surface area (Å²) in [6.45, 7) is 6.01. The molecule has 60 valence electrons. The van der Waals surface area contributed by atoms with Crippen LogP contribution in [0.5, 0.6) is 0 Å². The van der Waals surface area contributed by atoms with E-state index in [9.17, 15) is 4.79 Å². The fourth-order valence-corrected chi connectivity index (χ4v) is 0.551. The predicted octanol–water partition coefficient (Wildman–Crippen LogP) is 1.97. The lowest BCUT2D eigenvalue weighted by Gasteiger charge is -1.91. The van der Waals surface area contributed by atoms with Crippen molar-refractivity contribution in [2.75, 3.05) is 0 Å². The number of hydrogen-bond acceptors (Lipinski definition) is 2. The lowest BCUT2D eigenvalue weighted by Crippen LogP contribution is -1.92. The molecule has 0 atom stereocenters. The van der Waals surface area contributed by atoms with E-state index in [1.807, 2.05) is 13.7 Å². The number of rotatable bonds is 4. The van der Waals surface area contributed by atoms with Crippen LogP contribution >= 0.6 is 0 Å². The van der Waals surface area contributed by atoms with Crippen LogP contribution in [-0.2, 0) is 9.59 Å². The first-order chi connectivity index (χ1) is 4.81. The number of carbonyl (C=O) groups excluding carboxylic acids is 2. The van der Waals surface area contributed by atoms with Gasteiger partial charge in [-0.2, -0.15) is 0 Å². The van der Waals surface area contributed by atoms with Crippen LogP contribution in [0.25, 0.3) is 0 Å². The van der Waals surface area contributed by atoms with Crippen molar-refractivity contribution in [1.29, 1.82) is 0 Å². The first-order valence-corrected chi connectivity index (χ1v) is 3.61. The molecule has 0 aliphatic heterocycles. The zero-order valence-electron chi connectivity index (χ0n) is 6.85. The van der Waals surface area contributed by atoms with Gasteiger partial charge in [0.15, 0.2) is 0 Å². The third kappa shape index (κ3) is 10.3. The SMILES string of the molecule is C=O.CCCCC(=O)CC. The highest BCUT2D eigenvalue weighted by Gasteiger charge is 1.93. The van der Waals surface area contributed by atoms with Gasteiger partial charge in [0, 0.05) is 12.8 Å². The minimum Gasteiger partial charge on any atom is -0.307 e. The molecular formula is C8H16O2. The summed E-state index contributed by atoms with van der Waals surface area (Å²) < 4.78 is 0. The summed E-state index contributed by atoms with van der Waals surface area (Å²) in [5.41, 5.74) is 0. The van der Waals surface area contributed by atoms with Crippen LogP contribution in [0.4, 0.5) is 0 Å². The van der Waals surface area contributed by atoms with Crippen LogP contribution in [0.2, 0.25) is 0 Å². The van der Waals surface area contributed by atoms with Crippen LogP contribution < -0.4 is 0 Å². The van der Waals surface area contributed by atoms with Gasteiger partial charge in [-0.15, -0.1) is 0 Å². The molecule has 0 bridgehead atoms. The van der Waals surface area contributed by atoms with Gasteiger partial charge in [0.25, 0.3) is 0 Å². The molecule has 10 heavy (non-hydrogen) atoms. The Hall–Kier alpha value is -0.660. The third-order valence-corrected chi connectivity index (χ3v) is 1.20. The average molecular weight is 144 g/mol. The molecule has 0 N–H and O–H groups in total. The van der Waals surface area contributed by atoms with Gasteiger partial charge in [0.2, 0.25) is 0 Å². The van der Waals surface area contributed by atoms with E-state index in [1.165, 1.54) is 0 Å². The van der Waals surface area contributed by atoms with E-state index in [-0.39, 0.29) is 0 Å². The number of Topliss-reactive ketones (excluding diaryl/α,β-unsaturated/α-hetero) is 1. The Kier molecular flexibility index (Phi) is 13.5. The zero-order chi connectivity index (χ0) is 8.41. The Morgan fingerprint density at radius 3 is 2.10 bits per heavy atom. The van der Waals surface area contributed by atoms with Crippen molar-refractivity contribution in [3.05, 3.63) is 0 Å². The average Bonchev–Trinajstić information content (AvgIpc) is 2.04. The molecule has 0 aliphatic carbocycles. The van der Waals surface area contributed by atoms with Gasteiger partial charge in [-0.1, -0.05) is 20.3 Å². The summed E-state index contributed by atoms with van der Waals surface area (Å²) in [7, 11) is 0. The van der Waals surface area contributed by atoms with Crippen molar-refractivity contribution in [3.8, 4) is 0 Å². The Bertz CT molecular complexity index is 79.3. The largest absolute Gasteiger partial charge is 0.307 e. The minimum atomic E-state index is 0.395. The zero-order valence-corrected chi connectivity index (χ0v) is 6.85. The van der Waals surface area contributed by atoms with Crippen molar-refractivity contribution in [2.24, 2.45) is 0 Å². The smallest absolute Gasteiger partial charge is 0.132 e. The Morgan fingerprint density at radius 1 is 1.30 bits per heavy atom. The van der Waals surface area contributed by atoms with Crippen LogP contribution in [0.3, 0.4) is 0 Å². The molecular weight excluding hydrogens is 128 g/mol. The predicted molar refractivity (Wildman–Crippen MR) is 41.9 cm³/mol. The van der Waals surface area contributed by atoms with Crippen molar-refractivity contribution >= 4 is 12.6 Å². The van der Waals surface area contributed by atoms with Crippen LogP contribution in [-0.4, -0.2) is 12.6 Å². The number of hydrogen-bond donors (Lipinski definition) is 0. The van der Waals surface area contributed by atoms with Gasteiger partial charge in [0.05, 0.1) is 0 Å². The summed E-state index contributed by atoms with van der Waals surface area (Å²) in [5.74, 6) is 0.395. The van der Waals surface area contributed by atoms with E-state index in [4.69, 9.17) is 4.79 Å². The molecule has 0 spiro atoms. The van der Waals surface area contributed by atoms with Crippen LogP contribution in [0.1, 0.15) is 39.5 Å². The molecule has 0 aromatic carbocycles. The molecule has 0 heterocycles. The van der Waals surface area contributed by atoms with Gasteiger partial charge < -0.3 is 4.79 Å². The van der Waals surface area contributed by atoms with Gasteiger partial charge in [-0.05, 0) is 6.42 Å². The van der Waals surface area contributed by atoms with E-state index < -0.39 is 0 Å². The maximum atomic E-state index is 10.6. The Labute approximate surface area is 62.6 Å². The molecule has 0 fully saturated rings. The fourth-order valence-electron chi connectivity index (χ4n) is 0.551. The highest BCUT2D eigenvalue weighted by molar-refractivity contribution is 5.77. The second-order valence-corrected chi connectivity index (χ2v) is 2.00. The molecule has 0 unspecified atom stereocenters. The lowest BCUT2D eigenvalue weighted by atomic mass is 10.1. The van der Waals surface area contributed by atoms with Gasteiger partial charge in [-0.3, -0.25) is 4.79 Å². The van der Waals surface area contributed by atoms with E-state index in [2.05, 4.69) is 6.92 Å². The topological polar surface area (TPSA) is 34.1 Å². The van der Waals surface area contributed by atoms with E-state index >= 15 is 0 Å². The summed E-state index contributed by atoms with van der Waals surface area (Å²) in [5, 5.41) is 0. The normalized spacial score (nSPS) is 7.80. The highest BCUT2D eigenvalue weighted by atomic mass is 16.1. The van der Waals surface area contributed by atoms with E-state index in [0.29, 0.717) is 12.2 Å². The minimum absolute atomic E-state index is 0.395. The molecule has 0 saturated carbocycles. The number of carbonyl (C=O) groups is 2. The van der Waals surface area contributed by atoms with Crippen LogP contribution in [0.15, 0.2) is 0 Å². The van der Waals surface area contributed by atoms with Crippen LogP contribution in [0, 0.1) is 0 Å². The maximum absolute atomic E-state index is 10.6. The summed E-state index contributed by atoms with van der Waals surface area (Å²) in [6.07, 6.45) is 3.69. The Morgan fingerprint density at radius 2 is 1.80 bits per heavy atom. The summed E-state index contributed by atoms with van der Waals surface area (Å²) in [4.78, 5) is 18.6. The van der Waals surface area contributed by atoms with Crippen molar-refractivity contribution in [3.63, 3.8) is 0 Å². The molecule has 0 radical (unpaired) electrons. The van der Waals surface area contributed by atoms with Crippen molar-refractivity contribution in [2.45, 2.75) is 39.5 Å². The van der Waals surface area contributed by atoms with Gasteiger partial charge in [0.1, 0.15) is 12.6 Å². The number of ketones is 1. The highest BCUT2D eigenvalue weighted by Crippen LogP contribution is 1.96. The molecule has 0 rings (SSSR count). The first kappa shape index (κ1) is 12.1. The molecule has 0 amide bonds. The summed E-state index contributed by atoms with van der Waals surface area (Å²) >= 11 is 0. The van der Waals surface area contributed by atoms with Crippen molar-refractivity contribution in [1.82, 2.24) is 0 Å². The molecule has 2 nitrogen and oxygen atoms in total. The van der Waals surface area contributed by atoms with Gasteiger partial charge in [-0.25, -0.2) is 0 Å². The standard InChI is InChI=1S/C7H14O.CH2O/c1-3-5-6-7(8)4-2;1-2/h3-6H2,1-2H3;1H2. The summed E-state index contributed by atoms with van der Waals surface area (Å²) in [6, 6.07) is 0. The Balaban J connectivity index is 0. The molecule has 0 saturated heterocycles. The third-order valence-electron chi connectivity index (χ3n) is 1.20. The van der Waals surface area contributed by atoms with E-state index in [1.54, 1.807) is 0 Å².